The van der Waals surface area contributed by atoms with Gasteiger partial charge in [0.25, 0.3) is 0 Å². The van der Waals surface area contributed by atoms with Crippen molar-refractivity contribution in [2.24, 2.45) is 0 Å². The van der Waals surface area contributed by atoms with E-state index in [9.17, 15) is 5.11 Å². The monoisotopic (exact) mass is 228 g/mol. The van der Waals surface area contributed by atoms with E-state index in [1.54, 1.807) is 6.07 Å². The molecule has 1 nitrogen and oxygen atoms in total. The molecule has 0 bridgehead atoms. The SMILES string of the molecule is CCCCCCc1cccc2cc(O)ccc12. The average Bonchev–Trinajstić information content (AvgIpc) is 2.34. The van der Waals surface area contributed by atoms with Gasteiger partial charge in [0.1, 0.15) is 5.75 Å². The molecule has 0 atom stereocenters. The van der Waals surface area contributed by atoms with Gasteiger partial charge in [-0.25, -0.2) is 0 Å². The minimum absolute atomic E-state index is 0.348. The molecule has 0 fully saturated rings. The molecule has 0 aliphatic heterocycles. The highest BCUT2D eigenvalue weighted by Crippen LogP contribution is 2.24. The zero-order valence-electron chi connectivity index (χ0n) is 10.4. The van der Waals surface area contributed by atoms with E-state index in [-0.39, 0.29) is 0 Å². The van der Waals surface area contributed by atoms with Crippen LogP contribution in [0.3, 0.4) is 0 Å². The summed E-state index contributed by atoms with van der Waals surface area (Å²) in [5.74, 6) is 0.348. The lowest BCUT2D eigenvalue weighted by molar-refractivity contribution is 0.476. The smallest absolute Gasteiger partial charge is 0.116 e. The topological polar surface area (TPSA) is 20.2 Å². The van der Waals surface area contributed by atoms with Crippen molar-refractivity contribution >= 4 is 10.8 Å². The second kappa shape index (κ2) is 5.72. The van der Waals surface area contributed by atoms with E-state index in [2.05, 4.69) is 25.1 Å². The lowest BCUT2D eigenvalue weighted by atomic mass is 9.99. The van der Waals surface area contributed by atoms with Gasteiger partial charge in [0, 0.05) is 0 Å². The number of phenols is 1. The number of fused-ring (bicyclic) bond motifs is 1. The van der Waals surface area contributed by atoms with Crippen molar-refractivity contribution in [3.8, 4) is 5.75 Å². The standard InChI is InChI=1S/C16H20O/c1-2-3-4-5-7-13-8-6-9-14-12-15(17)10-11-16(13)14/h6,8-12,17H,2-5,7H2,1H3. The Labute approximate surface area is 103 Å². The molecule has 0 aliphatic rings. The van der Waals surface area contributed by atoms with Crippen molar-refractivity contribution in [1.82, 2.24) is 0 Å². The third-order valence-electron chi connectivity index (χ3n) is 3.25. The van der Waals surface area contributed by atoms with E-state index in [1.807, 2.05) is 12.1 Å². The Bertz CT molecular complexity index is 488. The van der Waals surface area contributed by atoms with Gasteiger partial charge in [0.15, 0.2) is 0 Å². The Morgan fingerprint density at radius 1 is 1.00 bits per heavy atom. The molecular formula is C16H20O. The van der Waals surface area contributed by atoms with E-state index in [1.165, 1.54) is 36.6 Å². The fraction of sp³-hybridized carbons (Fsp3) is 0.375. The Morgan fingerprint density at radius 2 is 1.88 bits per heavy atom. The van der Waals surface area contributed by atoms with Crippen LogP contribution in [0.15, 0.2) is 36.4 Å². The second-order valence-electron chi connectivity index (χ2n) is 4.63. The molecule has 90 valence electrons. The Balaban J connectivity index is 2.16. The van der Waals surface area contributed by atoms with Gasteiger partial charge in [-0.2, -0.15) is 0 Å². The van der Waals surface area contributed by atoms with Gasteiger partial charge < -0.3 is 5.11 Å². The number of unbranched alkanes of at least 4 members (excludes halogenated alkanes) is 3. The molecule has 0 saturated heterocycles. The first-order valence-electron chi connectivity index (χ1n) is 6.52. The molecule has 0 spiro atoms. The third kappa shape index (κ3) is 3.00. The van der Waals surface area contributed by atoms with Crippen molar-refractivity contribution in [3.05, 3.63) is 42.0 Å². The number of rotatable bonds is 5. The number of aryl methyl sites for hydroxylation is 1. The quantitative estimate of drug-likeness (QED) is 0.737. The number of phenolic OH excluding ortho intramolecular Hbond substituents is 1. The van der Waals surface area contributed by atoms with Crippen molar-refractivity contribution in [2.45, 2.75) is 39.0 Å². The van der Waals surface area contributed by atoms with Crippen LogP contribution in [-0.4, -0.2) is 5.11 Å². The van der Waals surface area contributed by atoms with Crippen LogP contribution in [0.1, 0.15) is 38.2 Å². The first-order valence-corrected chi connectivity index (χ1v) is 6.52. The molecule has 2 aromatic rings. The molecule has 1 heteroatoms. The highest BCUT2D eigenvalue weighted by Gasteiger charge is 2.01. The maximum Gasteiger partial charge on any atom is 0.116 e. The fourth-order valence-corrected chi connectivity index (χ4v) is 2.30. The van der Waals surface area contributed by atoms with E-state index in [0.717, 1.165) is 11.8 Å². The molecule has 2 rings (SSSR count). The molecule has 0 saturated carbocycles. The van der Waals surface area contributed by atoms with Gasteiger partial charge in [-0.1, -0.05) is 50.5 Å². The van der Waals surface area contributed by atoms with Crippen molar-refractivity contribution in [3.63, 3.8) is 0 Å². The number of hydrogen-bond donors (Lipinski definition) is 1. The van der Waals surface area contributed by atoms with Crippen LogP contribution in [-0.2, 0) is 6.42 Å². The van der Waals surface area contributed by atoms with Gasteiger partial charge in [-0.05, 0) is 41.3 Å². The maximum atomic E-state index is 9.47. The summed E-state index contributed by atoms with van der Waals surface area (Å²) in [6.45, 7) is 2.24. The Kier molecular flexibility index (Phi) is 4.03. The summed E-state index contributed by atoms with van der Waals surface area (Å²) in [5.41, 5.74) is 1.40. The molecule has 0 radical (unpaired) electrons. The number of aromatic hydroxyl groups is 1. The molecular weight excluding hydrogens is 208 g/mol. The van der Waals surface area contributed by atoms with Crippen LogP contribution in [0.4, 0.5) is 0 Å². The normalized spacial score (nSPS) is 10.9. The lowest BCUT2D eigenvalue weighted by Crippen LogP contribution is -1.88. The van der Waals surface area contributed by atoms with Crippen LogP contribution >= 0.6 is 0 Å². The summed E-state index contributed by atoms with van der Waals surface area (Å²) in [6, 6.07) is 12.0. The van der Waals surface area contributed by atoms with Gasteiger partial charge in [-0.15, -0.1) is 0 Å². The highest BCUT2D eigenvalue weighted by molar-refractivity contribution is 5.86. The summed E-state index contributed by atoms with van der Waals surface area (Å²) in [7, 11) is 0. The average molecular weight is 228 g/mol. The molecule has 0 unspecified atom stereocenters. The molecule has 2 aromatic carbocycles. The summed E-state index contributed by atoms with van der Waals surface area (Å²) in [5, 5.41) is 11.9. The fourth-order valence-electron chi connectivity index (χ4n) is 2.30. The van der Waals surface area contributed by atoms with Crippen LogP contribution < -0.4 is 0 Å². The van der Waals surface area contributed by atoms with Crippen molar-refractivity contribution in [1.29, 1.82) is 0 Å². The van der Waals surface area contributed by atoms with Crippen molar-refractivity contribution in [2.75, 3.05) is 0 Å². The predicted octanol–water partition coefficient (Wildman–Crippen LogP) is 4.67. The summed E-state index contributed by atoms with van der Waals surface area (Å²) in [4.78, 5) is 0. The van der Waals surface area contributed by atoms with Gasteiger partial charge in [0.05, 0.1) is 0 Å². The molecule has 0 amide bonds. The number of benzene rings is 2. The molecule has 0 heterocycles. The van der Waals surface area contributed by atoms with Crippen molar-refractivity contribution < 1.29 is 5.11 Å². The Morgan fingerprint density at radius 3 is 2.71 bits per heavy atom. The van der Waals surface area contributed by atoms with E-state index >= 15 is 0 Å². The van der Waals surface area contributed by atoms with Gasteiger partial charge >= 0.3 is 0 Å². The van der Waals surface area contributed by atoms with Crippen LogP contribution in [0.2, 0.25) is 0 Å². The van der Waals surface area contributed by atoms with Gasteiger partial charge in [-0.3, -0.25) is 0 Å². The zero-order chi connectivity index (χ0) is 12.1. The zero-order valence-corrected chi connectivity index (χ0v) is 10.4. The second-order valence-corrected chi connectivity index (χ2v) is 4.63. The minimum Gasteiger partial charge on any atom is -0.508 e. The summed E-state index contributed by atoms with van der Waals surface area (Å²) >= 11 is 0. The van der Waals surface area contributed by atoms with E-state index < -0.39 is 0 Å². The molecule has 1 N–H and O–H groups in total. The minimum atomic E-state index is 0.348. The van der Waals surface area contributed by atoms with Crippen LogP contribution in [0.5, 0.6) is 5.75 Å². The number of hydrogen-bond acceptors (Lipinski definition) is 1. The first kappa shape index (κ1) is 12.0. The lowest BCUT2D eigenvalue weighted by Gasteiger charge is -2.06. The molecule has 0 aliphatic carbocycles. The predicted molar refractivity (Wildman–Crippen MR) is 73.5 cm³/mol. The highest BCUT2D eigenvalue weighted by atomic mass is 16.3. The first-order chi connectivity index (χ1) is 8.31. The van der Waals surface area contributed by atoms with Crippen LogP contribution in [0.25, 0.3) is 10.8 Å². The summed E-state index contributed by atoms with van der Waals surface area (Å²) in [6.07, 6.45) is 6.32. The molecule has 17 heavy (non-hydrogen) atoms. The maximum absolute atomic E-state index is 9.47. The summed E-state index contributed by atoms with van der Waals surface area (Å²) < 4.78 is 0. The largest absolute Gasteiger partial charge is 0.508 e. The van der Waals surface area contributed by atoms with Crippen LogP contribution in [0, 0.1) is 0 Å². The van der Waals surface area contributed by atoms with E-state index in [0.29, 0.717) is 5.75 Å². The molecule has 0 aromatic heterocycles. The third-order valence-corrected chi connectivity index (χ3v) is 3.25. The van der Waals surface area contributed by atoms with E-state index in [4.69, 9.17) is 0 Å². The Hall–Kier alpha value is -1.50. The van der Waals surface area contributed by atoms with Gasteiger partial charge in [0.2, 0.25) is 0 Å².